The molecule has 0 atom stereocenters. The predicted octanol–water partition coefficient (Wildman–Crippen LogP) is 4.23. The monoisotopic (exact) mass is 484 g/mol. The van der Waals surface area contributed by atoms with Crippen LogP contribution in [0, 0.1) is 0 Å². The number of aryl methyl sites for hydroxylation is 2. The second-order valence-electron chi connectivity index (χ2n) is 8.57. The van der Waals surface area contributed by atoms with E-state index in [0.717, 1.165) is 46.5 Å². The van der Waals surface area contributed by atoms with Gasteiger partial charge in [-0.1, -0.05) is 0 Å². The third-order valence-electron chi connectivity index (χ3n) is 6.34. The second-order valence-corrected chi connectivity index (χ2v) is 8.57. The molecule has 0 bridgehead atoms. The fraction of sp³-hybridized carbons (Fsp3) is 0.179. The van der Waals surface area contributed by atoms with Gasteiger partial charge >= 0.3 is 11.9 Å². The van der Waals surface area contributed by atoms with Gasteiger partial charge in [-0.05, 0) is 59.5 Å². The van der Waals surface area contributed by atoms with Crippen molar-refractivity contribution in [2.45, 2.75) is 19.9 Å². The topological polar surface area (TPSA) is 84.2 Å². The van der Waals surface area contributed by atoms with E-state index in [1.54, 1.807) is 30.3 Å². The van der Waals surface area contributed by atoms with Gasteiger partial charge in [0, 0.05) is 19.4 Å². The van der Waals surface area contributed by atoms with E-state index in [9.17, 15) is 9.59 Å². The molecule has 1 aromatic heterocycles. The molecule has 8 heteroatoms. The number of aromatic nitrogens is 1. The van der Waals surface area contributed by atoms with Crippen molar-refractivity contribution in [2.24, 2.45) is 0 Å². The highest BCUT2D eigenvalue weighted by Crippen LogP contribution is 2.41. The molecule has 2 aliphatic heterocycles. The Bertz CT molecular complexity index is 1540. The fourth-order valence-corrected chi connectivity index (χ4v) is 4.64. The molecule has 8 nitrogen and oxygen atoms in total. The largest absolute Gasteiger partial charge is 0.493 e. The molecular weight excluding hydrogens is 462 g/mol. The minimum atomic E-state index is -0.545. The first kappa shape index (κ1) is 21.9. The number of methoxy groups -OCH3 is 1. The lowest BCUT2D eigenvalue weighted by Gasteiger charge is -2.17. The van der Waals surface area contributed by atoms with Gasteiger partial charge in [-0.2, -0.15) is 4.57 Å². The van der Waals surface area contributed by atoms with Gasteiger partial charge in [0.05, 0.1) is 23.6 Å². The lowest BCUT2D eigenvalue weighted by Crippen LogP contribution is -2.40. The van der Waals surface area contributed by atoms with Crippen LogP contribution in [0.4, 0.5) is 0 Å². The maximum absolute atomic E-state index is 13.0. The highest BCUT2D eigenvalue weighted by molar-refractivity contribution is 5.97. The number of carbonyl (C=O) groups is 2. The number of benzene rings is 3. The van der Waals surface area contributed by atoms with Gasteiger partial charge in [0.2, 0.25) is 12.5 Å². The Balaban J connectivity index is 1.39. The van der Waals surface area contributed by atoms with Gasteiger partial charge in [0.1, 0.15) is 5.75 Å². The van der Waals surface area contributed by atoms with Gasteiger partial charge < -0.3 is 23.7 Å². The van der Waals surface area contributed by atoms with Crippen LogP contribution in [0.5, 0.6) is 28.7 Å². The molecule has 0 unspecified atom stereocenters. The van der Waals surface area contributed by atoms with Crippen molar-refractivity contribution in [3.8, 4) is 40.0 Å². The van der Waals surface area contributed by atoms with Crippen molar-refractivity contribution in [1.82, 2.24) is 0 Å². The molecular formula is C28H22NO7+. The van der Waals surface area contributed by atoms with Crippen LogP contribution in [0.1, 0.15) is 22.8 Å². The van der Waals surface area contributed by atoms with E-state index in [1.165, 1.54) is 19.6 Å². The third-order valence-corrected chi connectivity index (χ3v) is 6.34. The molecule has 6 rings (SSSR count). The Kier molecular flexibility index (Phi) is 5.21. The number of esters is 2. The standard InChI is InChI=1S/C28H22NO7/c1-16(30)35-20-6-3-17(4-7-20)28(31)36-27-22-14-29-10-9-19-12-25-26(34-15-33-25)13-21(19)23(29)11-18(22)5-8-24(27)32-2/h3-8,11-14H,9-10,15H2,1-2H3/q+1. The van der Waals surface area contributed by atoms with Crippen LogP contribution in [-0.4, -0.2) is 25.8 Å². The fourth-order valence-electron chi connectivity index (χ4n) is 4.64. The summed E-state index contributed by atoms with van der Waals surface area (Å²) in [6.45, 7) is 2.32. The van der Waals surface area contributed by atoms with Crippen LogP contribution in [0.3, 0.4) is 0 Å². The Morgan fingerprint density at radius 3 is 2.47 bits per heavy atom. The van der Waals surface area contributed by atoms with Crippen molar-refractivity contribution < 1.29 is 37.8 Å². The normalized spacial score (nSPS) is 13.1. The average Bonchev–Trinajstić information content (AvgIpc) is 3.34. The molecule has 3 heterocycles. The first-order chi connectivity index (χ1) is 17.5. The molecule has 4 aromatic rings. The Morgan fingerprint density at radius 1 is 0.944 bits per heavy atom. The van der Waals surface area contributed by atoms with Gasteiger partial charge in [-0.25, -0.2) is 4.79 Å². The van der Waals surface area contributed by atoms with Crippen molar-refractivity contribution in [3.63, 3.8) is 0 Å². The van der Waals surface area contributed by atoms with Crippen LogP contribution >= 0.6 is 0 Å². The lowest BCUT2D eigenvalue weighted by atomic mass is 9.95. The Hall–Kier alpha value is -4.59. The first-order valence-corrected chi connectivity index (χ1v) is 11.5. The van der Waals surface area contributed by atoms with Crippen molar-refractivity contribution in [3.05, 3.63) is 71.9 Å². The molecule has 0 aliphatic carbocycles. The summed E-state index contributed by atoms with van der Waals surface area (Å²) in [6, 6.07) is 16.1. The zero-order chi connectivity index (χ0) is 24.8. The van der Waals surface area contributed by atoms with Crippen LogP contribution in [0.25, 0.3) is 22.0 Å². The zero-order valence-electron chi connectivity index (χ0n) is 19.7. The Morgan fingerprint density at radius 2 is 1.72 bits per heavy atom. The molecule has 3 aromatic carbocycles. The quantitative estimate of drug-likeness (QED) is 0.243. The molecule has 0 saturated heterocycles. The maximum atomic E-state index is 13.0. The molecule has 0 radical (unpaired) electrons. The molecule has 0 fully saturated rings. The molecule has 180 valence electrons. The van der Waals surface area contributed by atoms with Crippen LogP contribution in [0.2, 0.25) is 0 Å². The van der Waals surface area contributed by atoms with Crippen LogP contribution in [0.15, 0.2) is 60.8 Å². The summed E-state index contributed by atoms with van der Waals surface area (Å²) < 4.78 is 29.7. The second kappa shape index (κ2) is 8.57. The highest BCUT2D eigenvalue weighted by Gasteiger charge is 2.29. The van der Waals surface area contributed by atoms with E-state index in [1.807, 2.05) is 18.3 Å². The molecule has 2 aliphatic rings. The SMILES string of the molecule is COc1ccc2cc3[n+](cc2c1OC(=O)c1ccc(OC(C)=O)cc1)CCc1cc2c(cc1-3)OCO2. The van der Waals surface area contributed by atoms with Gasteiger partial charge in [-0.3, -0.25) is 4.79 Å². The Labute approximate surface area is 206 Å². The number of hydrogen-bond donors (Lipinski definition) is 0. The summed E-state index contributed by atoms with van der Waals surface area (Å²) in [7, 11) is 1.54. The summed E-state index contributed by atoms with van der Waals surface area (Å²) >= 11 is 0. The smallest absolute Gasteiger partial charge is 0.343 e. The number of pyridine rings is 1. The number of nitrogens with zero attached hydrogens (tertiary/aromatic N) is 1. The molecule has 0 amide bonds. The van der Waals surface area contributed by atoms with E-state index in [-0.39, 0.29) is 6.79 Å². The van der Waals surface area contributed by atoms with E-state index < -0.39 is 11.9 Å². The predicted molar refractivity (Wildman–Crippen MR) is 129 cm³/mol. The van der Waals surface area contributed by atoms with Gasteiger partial charge in [0.25, 0.3) is 0 Å². The molecule has 36 heavy (non-hydrogen) atoms. The zero-order valence-corrected chi connectivity index (χ0v) is 19.7. The van der Waals surface area contributed by atoms with E-state index in [0.29, 0.717) is 22.8 Å². The van der Waals surface area contributed by atoms with Crippen molar-refractivity contribution in [2.75, 3.05) is 13.9 Å². The maximum Gasteiger partial charge on any atom is 0.343 e. The van der Waals surface area contributed by atoms with E-state index >= 15 is 0 Å². The summed E-state index contributed by atoms with van der Waals surface area (Å²) in [5.74, 6) is 1.70. The van der Waals surface area contributed by atoms with E-state index in [4.69, 9.17) is 23.7 Å². The molecule has 0 spiro atoms. The number of ether oxygens (including phenoxy) is 5. The number of hydrogen-bond acceptors (Lipinski definition) is 7. The third kappa shape index (κ3) is 3.76. The minimum absolute atomic E-state index is 0.233. The number of carbonyl (C=O) groups excluding carboxylic acids is 2. The van der Waals surface area contributed by atoms with Gasteiger partial charge in [0.15, 0.2) is 35.7 Å². The lowest BCUT2D eigenvalue weighted by molar-refractivity contribution is -0.686. The number of fused-ring (bicyclic) bond motifs is 5. The first-order valence-electron chi connectivity index (χ1n) is 11.5. The average molecular weight is 484 g/mol. The van der Waals surface area contributed by atoms with E-state index in [2.05, 4.69) is 16.7 Å². The molecule has 0 N–H and O–H groups in total. The summed E-state index contributed by atoms with van der Waals surface area (Å²) in [5, 5.41) is 1.66. The minimum Gasteiger partial charge on any atom is -0.493 e. The summed E-state index contributed by atoms with van der Waals surface area (Å²) in [4.78, 5) is 24.1. The van der Waals surface area contributed by atoms with Crippen LogP contribution in [-0.2, 0) is 17.8 Å². The number of rotatable bonds is 4. The highest BCUT2D eigenvalue weighted by atomic mass is 16.7. The van der Waals surface area contributed by atoms with Crippen molar-refractivity contribution >= 4 is 22.7 Å². The van der Waals surface area contributed by atoms with Gasteiger partial charge in [-0.15, -0.1) is 0 Å². The summed E-state index contributed by atoms with van der Waals surface area (Å²) in [6.07, 6.45) is 2.83. The van der Waals surface area contributed by atoms with Crippen LogP contribution < -0.4 is 28.3 Å². The van der Waals surface area contributed by atoms with Crippen molar-refractivity contribution in [1.29, 1.82) is 0 Å². The summed E-state index contributed by atoms with van der Waals surface area (Å²) in [5.41, 5.74) is 3.66. The molecule has 0 saturated carbocycles.